The Morgan fingerprint density at radius 3 is 2.32 bits per heavy atom. The van der Waals surface area contributed by atoms with E-state index in [-0.39, 0.29) is 23.2 Å². The summed E-state index contributed by atoms with van der Waals surface area (Å²) in [6.45, 7) is 7.83. The summed E-state index contributed by atoms with van der Waals surface area (Å²) in [5.41, 5.74) is 1.99. The molecular formula is C20H28ClN3O3S. The highest BCUT2D eigenvalue weighted by Crippen LogP contribution is 2.19. The molecule has 8 heteroatoms. The number of benzene rings is 2. The molecule has 28 heavy (non-hydrogen) atoms. The fourth-order valence-electron chi connectivity index (χ4n) is 2.76. The summed E-state index contributed by atoms with van der Waals surface area (Å²) in [7, 11) is -3.61. The van der Waals surface area contributed by atoms with Crippen LogP contribution in [0.2, 0.25) is 0 Å². The zero-order chi connectivity index (χ0) is 19.9. The van der Waals surface area contributed by atoms with Gasteiger partial charge < -0.3 is 10.6 Å². The number of rotatable bonds is 9. The second-order valence-corrected chi connectivity index (χ2v) is 7.95. The molecule has 2 aromatic carbocycles. The van der Waals surface area contributed by atoms with Crippen LogP contribution in [0, 0.1) is 0 Å². The molecule has 0 aliphatic carbocycles. The summed E-state index contributed by atoms with van der Waals surface area (Å²) in [5, 5.41) is 6.12. The third-order valence-corrected chi connectivity index (χ3v) is 6.32. The van der Waals surface area contributed by atoms with Crippen molar-refractivity contribution in [2.75, 3.05) is 25.0 Å². The Labute approximate surface area is 173 Å². The Morgan fingerprint density at radius 1 is 1.00 bits per heavy atom. The highest BCUT2D eigenvalue weighted by Gasteiger charge is 2.22. The maximum Gasteiger partial charge on any atom is 0.255 e. The van der Waals surface area contributed by atoms with Gasteiger partial charge in [-0.3, -0.25) is 4.79 Å². The van der Waals surface area contributed by atoms with Crippen molar-refractivity contribution in [2.24, 2.45) is 0 Å². The van der Waals surface area contributed by atoms with E-state index in [4.69, 9.17) is 0 Å². The minimum atomic E-state index is -3.61. The molecule has 1 amide bonds. The van der Waals surface area contributed by atoms with E-state index in [0.29, 0.717) is 30.9 Å². The van der Waals surface area contributed by atoms with Crippen molar-refractivity contribution in [3.63, 3.8) is 0 Å². The lowest BCUT2D eigenvalue weighted by Gasteiger charge is -2.18. The molecule has 6 nitrogen and oxygen atoms in total. The maximum absolute atomic E-state index is 12.7. The van der Waals surface area contributed by atoms with Crippen LogP contribution in [0.5, 0.6) is 0 Å². The zero-order valence-electron chi connectivity index (χ0n) is 16.4. The van der Waals surface area contributed by atoms with Gasteiger partial charge in [-0.25, -0.2) is 8.42 Å². The number of para-hydroxylation sites is 1. The fourth-order valence-corrected chi connectivity index (χ4v) is 4.27. The standard InChI is InChI=1S/C20H27N3O3S.ClH/c1-4-21-15-17-10-7-8-13-19(17)22-20(24)16-11-9-12-18(14-16)27(25,26)23(5-2)6-3;/h7-14,21H,4-6,15H2,1-3H3,(H,22,24);1H. The molecule has 2 N–H and O–H groups in total. The lowest BCUT2D eigenvalue weighted by molar-refractivity contribution is 0.102. The van der Waals surface area contributed by atoms with Crippen LogP contribution in [0.25, 0.3) is 0 Å². The van der Waals surface area contributed by atoms with Crippen LogP contribution in [0.15, 0.2) is 53.4 Å². The highest BCUT2D eigenvalue weighted by atomic mass is 35.5. The number of sulfonamides is 1. The number of amides is 1. The molecule has 0 spiro atoms. The topological polar surface area (TPSA) is 78.5 Å². The molecular weight excluding hydrogens is 398 g/mol. The number of hydrogen-bond donors (Lipinski definition) is 2. The van der Waals surface area contributed by atoms with Crippen molar-refractivity contribution in [1.82, 2.24) is 9.62 Å². The van der Waals surface area contributed by atoms with Gasteiger partial charge in [-0.05, 0) is 36.4 Å². The number of hydrogen-bond acceptors (Lipinski definition) is 4. The molecule has 0 saturated carbocycles. The summed E-state index contributed by atoms with van der Waals surface area (Å²) >= 11 is 0. The SMILES string of the molecule is CCNCc1ccccc1NC(=O)c1cccc(S(=O)(=O)N(CC)CC)c1.Cl. The van der Waals surface area contributed by atoms with E-state index in [9.17, 15) is 13.2 Å². The second-order valence-electron chi connectivity index (χ2n) is 6.01. The predicted molar refractivity (Wildman–Crippen MR) is 116 cm³/mol. The van der Waals surface area contributed by atoms with E-state index >= 15 is 0 Å². The van der Waals surface area contributed by atoms with Gasteiger partial charge in [0, 0.05) is 30.9 Å². The molecule has 0 bridgehead atoms. The van der Waals surface area contributed by atoms with Gasteiger partial charge in [0.1, 0.15) is 0 Å². The normalized spacial score (nSPS) is 11.1. The third-order valence-electron chi connectivity index (χ3n) is 4.27. The van der Waals surface area contributed by atoms with Crippen molar-refractivity contribution in [2.45, 2.75) is 32.2 Å². The van der Waals surface area contributed by atoms with E-state index in [1.54, 1.807) is 26.0 Å². The Bertz CT molecular complexity index is 884. The maximum atomic E-state index is 12.7. The average Bonchev–Trinajstić information content (AvgIpc) is 2.68. The average molecular weight is 426 g/mol. The number of anilines is 1. The second kappa shape index (κ2) is 11.2. The van der Waals surface area contributed by atoms with Gasteiger partial charge in [-0.1, -0.05) is 45.0 Å². The molecule has 2 rings (SSSR count). The van der Waals surface area contributed by atoms with Gasteiger partial charge in [0.15, 0.2) is 0 Å². The van der Waals surface area contributed by atoms with Gasteiger partial charge in [-0.2, -0.15) is 4.31 Å². The number of nitrogens with zero attached hydrogens (tertiary/aromatic N) is 1. The van der Waals surface area contributed by atoms with Crippen LogP contribution in [-0.4, -0.2) is 38.3 Å². The van der Waals surface area contributed by atoms with E-state index in [1.807, 2.05) is 31.2 Å². The molecule has 0 aliphatic rings. The Kier molecular flexibility index (Phi) is 9.61. The Morgan fingerprint density at radius 2 is 1.68 bits per heavy atom. The minimum absolute atomic E-state index is 0. The van der Waals surface area contributed by atoms with Crippen LogP contribution in [0.4, 0.5) is 5.69 Å². The Balaban J connectivity index is 0.00000392. The number of nitrogens with one attached hydrogen (secondary N) is 2. The van der Waals surface area contributed by atoms with Gasteiger partial charge in [-0.15, -0.1) is 12.4 Å². The molecule has 2 aromatic rings. The first kappa shape index (κ1) is 24.1. The van der Waals surface area contributed by atoms with Crippen molar-refractivity contribution in [3.05, 3.63) is 59.7 Å². The molecule has 0 radical (unpaired) electrons. The lowest BCUT2D eigenvalue weighted by Crippen LogP contribution is -2.30. The first-order valence-corrected chi connectivity index (χ1v) is 10.6. The quantitative estimate of drug-likeness (QED) is 0.644. The predicted octanol–water partition coefficient (Wildman–Crippen LogP) is 3.50. The molecule has 0 unspecified atom stereocenters. The van der Waals surface area contributed by atoms with Crippen molar-refractivity contribution < 1.29 is 13.2 Å². The molecule has 0 aliphatic heterocycles. The van der Waals surface area contributed by atoms with Crippen molar-refractivity contribution in [1.29, 1.82) is 0 Å². The van der Waals surface area contributed by atoms with Crippen LogP contribution >= 0.6 is 12.4 Å². The lowest BCUT2D eigenvalue weighted by atomic mass is 10.1. The zero-order valence-corrected chi connectivity index (χ0v) is 18.1. The number of carbonyl (C=O) groups is 1. The van der Waals surface area contributed by atoms with Gasteiger partial charge in [0.2, 0.25) is 10.0 Å². The van der Waals surface area contributed by atoms with Crippen LogP contribution in [0.3, 0.4) is 0 Å². The summed E-state index contributed by atoms with van der Waals surface area (Å²) in [5.74, 6) is -0.337. The first-order chi connectivity index (χ1) is 12.9. The minimum Gasteiger partial charge on any atom is -0.322 e. The Hall–Kier alpha value is -1.93. The van der Waals surface area contributed by atoms with Crippen molar-refractivity contribution in [3.8, 4) is 0 Å². The largest absolute Gasteiger partial charge is 0.322 e. The number of carbonyl (C=O) groups excluding carboxylic acids is 1. The summed E-state index contributed by atoms with van der Waals surface area (Å²) in [4.78, 5) is 12.8. The van der Waals surface area contributed by atoms with E-state index in [0.717, 1.165) is 12.1 Å². The number of halogens is 1. The van der Waals surface area contributed by atoms with Gasteiger partial charge in [0.25, 0.3) is 5.91 Å². The summed E-state index contributed by atoms with van der Waals surface area (Å²) in [6, 6.07) is 13.7. The van der Waals surface area contributed by atoms with Crippen LogP contribution in [-0.2, 0) is 16.6 Å². The van der Waals surface area contributed by atoms with E-state index in [1.165, 1.54) is 16.4 Å². The smallest absolute Gasteiger partial charge is 0.255 e. The van der Waals surface area contributed by atoms with Crippen LogP contribution < -0.4 is 10.6 Å². The summed E-state index contributed by atoms with van der Waals surface area (Å²) in [6.07, 6.45) is 0. The molecule has 154 valence electrons. The van der Waals surface area contributed by atoms with E-state index in [2.05, 4.69) is 10.6 Å². The van der Waals surface area contributed by atoms with Gasteiger partial charge >= 0.3 is 0 Å². The van der Waals surface area contributed by atoms with E-state index < -0.39 is 10.0 Å². The van der Waals surface area contributed by atoms with Gasteiger partial charge in [0.05, 0.1) is 4.90 Å². The highest BCUT2D eigenvalue weighted by molar-refractivity contribution is 7.89. The first-order valence-electron chi connectivity index (χ1n) is 9.14. The summed E-state index contributed by atoms with van der Waals surface area (Å²) < 4.78 is 26.7. The molecule has 0 atom stereocenters. The fraction of sp³-hybridized carbons (Fsp3) is 0.350. The molecule has 0 fully saturated rings. The van der Waals surface area contributed by atoms with Crippen LogP contribution in [0.1, 0.15) is 36.7 Å². The van der Waals surface area contributed by atoms with Crippen molar-refractivity contribution >= 4 is 34.0 Å². The molecule has 0 heterocycles. The molecule has 0 saturated heterocycles. The molecule has 0 aromatic heterocycles. The third kappa shape index (κ3) is 5.78. The monoisotopic (exact) mass is 425 g/mol.